The third-order valence-electron chi connectivity index (χ3n) is 4.92. The number of carboxylic acids is 1. The molecule has 29 heavy (non-hydrogen) atoms. The topological polar surface area (TPSA) is 142 Å². The van der Waals surface area contributed by atoms with Crippen molar-refractivity contribution in [3.63, 3.8) is 0 Å². The normalized spacial score (nSPS) is 19.7. The summed E-state index contributed by atoms with van der Waals surface area (Å²) in [6.07, 6.45) is 1.47. The molecule has 1 heterocycles. The molecule has 1 aliphatic rings. The maximum Gasteiger partial charge on any atom is 0.326 e. The Hall–Kier alpha value is -1.81. The van der Waals surface area contributed by atoms with Gasteiger partial charge in [-0.1, -0.05) is 27.7 Å². The number of carboxylic acid groups (broad SMARTS) is 1. The molecule has 0 saturated carbocycles. The summed E-state index contributed by atoms with van der Waals surface area (Å²) in [7, 11) is 0. The first-order valence-electron chi connectivity index (χ1n) is 10.00. The van der Waals surface area contributed by atoms with Gasteiger partial charge in [0.15, 0.2) is 0 Å². The molecule has 3 amide bonds. The van der Waals surface area contributed by atoms with Crippen molar-refractivity contribution in [2.45, 2.75) is 71.1 Å². The SMILES string of the molecule is CC(C)CC(NC(=O)C(N)CS)C(=O)N1CCCC1C(=O)NC(C(=O)O)C(C)C. The van der Waals surface area contributed by atoms with Crippen LogP contribution in [0.4, 0.5) is 0 Å². The molecule has 10 heteroatoms. The number of likely N-dealkylation sites (tertiary alicyclic amines) is 1. The largest absolute Gasteiger partial charge is 0.480 e. The van der Waals surface area contributed by atoms with E-state index in [1.807, 2.05) is 13.8 Å². The highest BCUT2D eigenvalue weighted by Gasteiger charge is 2.39. The Bertz CT molecular complexity index is 613. The van der Waals surface area contributed by atoms with E-state index in [0.717, 1.165) is 0 Å². The van der Waals surface area contributed by atoms with Gasteiger partial charge in [-0.3, -0.25) is 14.4 Å². The standard InChI is InChI=1S/C19H34N4O5S/c1-10(2)8-13(21-16(24)12(20)9-29)18(26)23-7-5-6-14(23)17(25)22-15(11(3)4)19(27)28/h10-15,29H,5-9,20H2,1-4H3,(H,21,24)(H,22,25)(H,27,28). The number of amides is 3. The van der Waals surface area contributed by atoms with Gasteiger partial charge in [-0.15, -0.1) is 0 Å². The fourth-order valence-electron chi connectivity index (χ4n) is 3.32. The highest BCUT2D eigenvalue weighted by molar-refractivity contribution is 7.80. The van der Waals surface area contributed by atoms with Crippen LogP contribution in [0.3, 0.4) is 0 Å². The Morgan fingerprint density at radius 1 is 1.17 bits per heavy atom. The minimum absolute atomic E-state index is 0.128. The van der Waals surface area contributed by atoms with Crippen molar-refractivity contribution < 1.29 is 24.3 Å². The first-order valence-corrected chi connectivity index (χ1v) is 10.6. The predicted molar refractivity (Wildman–Crippen MR) is 112 cm³/mol. The number of carbonyl (C=O) groups is 4. The Labute approximate surface area is 177 Å². The quantitative estimate of drug-likeness (QED) is 0.309. The van der Waals surface area contributed by atoms with Crippen molar-refractivity contribution >= 4 is 36.3 Å². The van der Waals surface area contributed by atoms with Crippen molar-refractivity contribution in [1.82, 2.24) is 15.5 Å². The zero-order chi connectivity index (χ0) is 22.3. The molecule has 0 bridgehead atoms. The number of hydrogen-bond acceptors (Lipinski definition) is 6. The number of hydrogen-bond donors (Lipinski definition) is 5. The van der Waals surface area contributed by atoms with E-state index in [-0.39, 0.29) is 23.5 Å². The number of rotatable bonds is 10. The average molecular weight is 431 g/mol. The van der Waals surface area contributed by atoms with Crippen LogP contribution >= 0.6 is 12.6 Å². The summed E-state index contributed by atoms with van der Waals surface area (Å²) in [5.41, 5.74) is 5.70. The molecule has 0 aromatic heterocycles. The van der Waals surface area contributed by atoms with E-state index < -0.39 is 42.0 Å². The minimum atomic E-state index is -1.12. The molecule has 1 fully saturated rings. The molecule has 1 rings (SSSR count). The van der Waals surface area contributed by atoms with Crippen LogP contribution < -0.4 is 16.4 Å². The van der Waals surface area contributed by atoms with E-state index in [4.69, 9.17) is 5.73 Å². The van der Waals surface area contributed by atoms with E-state index in [1.165, 1.54) is 4.90 Å². The molecule has 4 unspecified atom stereocenters. The van der Waals surface area contributed by atoms with Crippen molar-refractivity contribution in [1.29, 1.82) is 0 Å². The van der Waals surface area contributed by atoms with E-state index in [2.05, 4.69) is 23.3 Å². The van der Waals surface area contributed by atoms with Gasteiger partial charge in [0.2, 0.25) is 17.7 Å². The lowest BCUT2D eigenvalue weighted by Crippen LogP contribution is -2.57. The lowest BCUT2D eigenvalue weighted by molar-refractivity contribution is -0.146. The average Bonchev–Trinajstić information content (AvgIpc) is 3.12. The molecule has 4 atom stereocenters. The predicted octanol–water partition coefficient (Wildman–Crippen LogP) is -0.00920. The molecular formula is C19H34N4O5S. The van der Waals surface area contributed by atoms with Crippen LogP contribution in [0.1, 0.15) is 47.0 Å². The zero-order valence-corrected chi connectivity index (χ0v) is 18.4. The van der Waals surface area contributed by atoms with Gasteiger partial charge < -0.3 is 26.4 Å². The van der Waals surface area contributed by atoms with Crippen LogP contribution in [-0.2, 0) is 19.2 Å². The number of thiol groups is 1. The maximum absolute atomic E-state index is 13.2. The van der Waals surface area contributed by atoms with Gasteiger partial charge in [0.25, 0.3) is 0 Å². The molecule has 5 N–H and O–H groups in total. The van der Waals surface area contributed by atoms with E-state index in [9.17, 15) is 24.3 Å². The van der Waals surface area contributed by atoms with Crippen LogP contribution in [0.5, 0.6) is 0 Å². The molecule has 0 aromatic rings. The molecule has 166 valence electrons. The van der Waals surface area contributed by atoms with Gasteiger partial charge in [0.1, 0.15) is 18.1 Å². The van der Waals surface area contributed by atoms with Gasteiger partial charge >= 0.3 is 5.97 Å². The number of aliphatic carboxylic acids is 1. The molecule has 1 saturated heterocycles. The zero-order valence-electron chi connectivity index (χ0n) is 17.6. The van der Waals surface area contributed by atoms with Crippen LogP contribution in [0.15, 0.2) is 0 Å². The molecule has 0 radical (unpaired) electrons. The summed E-state index contributed by atoms with van der Waals surface area (Å²) >= 11 is 4.01. The maximum atomic E-state index is 13.2. The Balaban J connectivity index is 2.95. The van der Waals surface area contributed by atoms with Gasteiger partial charge in [-0.2, -0.15) is 12.6 Å². The molecular weight excluding hydrogens is 396 g/mol. The Morgan fingerprint density at radius 2 is 1.79 bits per heavy atom. The van der Waals surface area contributed by atoms with E-state index in [1.54, 1.807) is 13.8 Å². The number of carbonyl (C=O) groups excluding carboxylic acids is 3. The molecule has 0 spiro atoms. The number of nitrogens with zero attached hydrogens (tertiary/aromatic N) is 1. The highest BCUT2D eigenvalue weighted by Crippen LogP contribution is 2.21. The van der Waals surface area contributed by atoms with Gasteiger partial charge in [-0.25, -0.2) is 4.79 Å². The van der Waals surface area contributed by atoms with Crippen LogP contribution in [0.25, 0.3) is 0 Å². The van der Waals surface area contributed by atoms with Crippen molar-refractivity contribution in [3.8, 4) is 0 Å². The summed E-state index contributed by atoms with van der Waals surface area (Å²) in [5.74, 6) is -2.44. The second-order valence-corrected chi connectivity index (χ2v) is 8.60. The molecule has 0 aliphatic carbocycles. The second kappa shape index (κ2) is 11.4. The fraction of sp³-hybridized carbons (Fsp3) is 0.789. The second-order valence-electron chi connectivity index (χ2n) is 8.24. The van der Waals surface area contributed by atoms with E-state index in [0.29, 0.717) is 25.8 Å². The summed E-state index contributed by atoms with van der Waals surface area (Å²) in [5, 5.41) is 14.5. The number of nitrogens with two attached hydrogens (primary N) is 1. The summed E-state index contributed by atoms with van der Waals surface area (Å²) < 4.78 is 0. The highest BCUT2D eigenvalue weighted by atomic mass is 32.1. The van der Waals surface area contributed by atoms with Crippen molar-refractivity contribution in [2.75, 3.05) is 12.3 Å². The smallest absolute Gasteiger partial charge is 0.326 e. The Morgan fingerprint density at radius 3 is 2.28 bits per heavy atom. The molecule has 1 aliphatic heterocycles. The van der Waals surface area contributed by atoms with E-state index >= 15 is 0 Å². The first-order chi connectivity index (χ1) is 13.5. The summed E-state index contributed by atoms with van der Waals surface area (Å²) in [6, 6.07) is -3.42. The molecule has 9 nitrogen and oxygen atoms in total. The first kappa shape index (κ1) is 25.2. The number of nitrogens with one attached hydrogen (secondary N) is 2. The Kier molecular flexibility index (Phi) is 9.91. The monoisotopic (exact) mass is 430 g/mol. The molecule has 0 aromatic carbocycles. The van der Waals surface area contributed by atoms with Crippen LogP contribution in [0, 0.1) is 11.8 Å². The van der Waals surface area contributed by atoms with Crippen LogP contribution in [-0.4, -0.2) is 70.2 Å². The lowest BCUT2D eigenvalue weighted by atomic mass is 10.0. The van der Waals surface area contributed by atoms with Gasteiger partial charge in [-0.05, 0) is 31.1 Å². The summed E-state index contributed by atoms with van der Waals surface area (Å²) in [4.78, 5) is 50.9. The summed E-state index contributed by atoms with van der Waals surface area (Å²) in [6.45, 7) is 7.64. The third kappa shape index (κ3) is 7.18. The lowest BCUT2D eigenvalue weighted by Gasteiger charge is -2.31. The van der Waals surface area contributed by atoms with Crippen molar-refractivity contribution in [3.05, 3.63) is 0 Å². The van der Waals surface area contributed by atoms with Gasteiger partial charge in [0.05, 0.1) is 6.04 Å². The fourth-order valence-corrected chi connectivity index (χ4v) is 3.49. The van der Waals surface area contributed by atoms with Crippen molar-refractivity contribution in [2.24, 2.45) is 17.6 Å². The van der Waals surface area contributed by atoms with Gasteiger partial charge in [0, 0.05) is 12.3 Å². The third-order valence-corrected chi connectivity index (χ3v) is 5.32. The minimum Gasteiger partial charge on any atom is -0.480 e. The van der Waals surface area contributed by atoms with Crippen LogP contribution in [0.2, 0.25) is 0 Å².